The van der Waals surface area contributed by atoms with Crippen LogP contribution in [-0.4, -0.2) is 4.98 Å². The maximum absolute atomic E-state index is 5.85. The van der Waals surface area contributed by atoms with Gasteiger partial charge in [-0.1, -0.05) is 32.0 Å². The zero-order valence-electron chi connectivity index (χ0n) is 11.2. The van der Waals surface area contributed by atoms with E-state index in [0.717, 1.165) is 17.0 Å². The molecule has 1 aromatic carbocycles. The minimum atomic E-state index is 0.516. The van der Waals surface area contributed by atoms with Gasteiger partial charge in [0.1, 0.15) is 12.4 Å². The van der Waals surface area contributed by atoms with E-state index in [9.17, 15) is 0 Å². The van der Waals surface area contributed by atoms with Crippen molar-refractivity contribution in [3.63, 3.8) is 0 Å². The van der Waals surface area contributed by atoms with Crippen LogP contribution in [0, 0.1) is 6.92 Å². The van der Waals surface area contributed by atoms with Crippen molar-refractivity contribution in [3.8, 4) is 5.75 Å². The Hall–Kier alpha value is -1.83. The van der Waals surface area contributed by atoms with E-state index in [1.807, 2.05) is 18.2 Å². The highest BCUT2D eigenvalue weighted by atomic mass is 16.5. The highest BCUT2D eigenvalue weighted by Crippen LogP contribution is 2.24. The normalized spacial score (nSPS) is 10.7. The number of nitrogens with zero attached hydrogens (tertiary/aromatic N) is 1. The van der Waals surface area contributed by atoms with Gasteiger partial charge in [0.05, 0.1) is 5.69 Å². The molecule has 0 atom stereocenters. The highest BCUT2D eigenvalue weighted by molar-refractivity contribution is 5.37. The van der Waals surface area contributed by atoms with Crippen molar-refractivity contribution in [2.75, 3.05) is 0 Å². The lowest BCUT2D eigenvalue weighted by molar-refractivity contribution is 0.299. The Morgan fingerprint density at radius 1 is 1.17 bits per heavy atom. The summed E-state index contributed by atoms with van der Waals surface area (Å²) >= 11 is 0. The van der Waals surface area contributed by atoms with Crippen LogP contribution in [0.5, 0.6) is 5.75 Å². The number of hydrogen-bond donors (Lipinski definition) is 0. The standard InChI is InChI=1S/C16H19NO/c1-12(2)14-8-7-13(3)16(10-14)18-11-15-6-4-5-9-17-15/h4-10,12H,11H2,1-3H3. The molecule has 0 aliphatic rings. The summed E-state index contributed by atoms with van der Waals surface area (Å²) in [4.78, 5) is 4.26. The molecule has 0 N–H and O–H groups in total. The average molecular weight is 241 g/mol. The monoisotopic (exact) mass is 241 g/mol. The first kappa shape index (κ1) is 12.6. The van der Waals surface area contributed by atoms with Crippen molar-refractivity contribution >= 4 is 0 Å². The second-order valence-electron chi connectivity index (χ2n) is 4.79. The Labute approximate surface area is 109 Å². The van der Waals surface area contributed by atoms with Crippen LogP contribution in [0.3, 0.4) is 0 Å². The number of aryl methyl sites for hydroxylation is 1. The smallest absolute Gasteiger partial charge is 0.130 e. The molecule has 2 nitrogen and oxygen atoms in total. The zero-order valence-corrected chi connectivity index (χ0v) is 11.2. The molecule has 0 aliphatic heterocycles. The summed E-state index contributed by atoms with van der Waals surface area (Å²) in [5.74, 6) is 1.47. The number of aromatic nitrogens is 1. The molecule has 2 aromatic rings. The molecule has 0 unspecified atom stereocenters. The van der Waals surface area contributed by atoms with E-state index in [4.69, 9.17) is 4.74 Å². The summed E-state index contributed by atoms with van der Waals surface area (Å²) in [7, 11) is 0. The Balaban J connectivity index is 2.11. The molecule has 18 heavy (non-hydrogen) atoms. The predicted octanol–water partition coefficient (Wildman–Crippen LogP) is 4.09. The Morgan fingerprint density at radius 3 is 2.67 bits per heavy atom. The van der Waals surface area contributed by atoms with Crippen molar-refractivity contribution < 1.29 is 4.74 Å². The van der Waals surface area contributed by atoms with Crippen LogP contribution >= 0.6 is 0 Å². The molecule has 2 rings (SSSR count). The lowest BCUT2D eigenvalue weighted by Gasteiger charge is -2.12. The van der Waals surface area contributed by atoms with Gasteiger partial charge in [-0.25, -0.2) is 0 Å². The van der Waals surface area contributed by atoms with Crippen molar-refractivity contribution in [1.29, 1.82) is 0 Å². The van der Waals surface area contributed by atoms with Gasteiger partial charge in [0, 0.05) is 6.20 Å². The third-order valence-corrected chi connectivity index (χ3v) is 2.98. The van der Waals surface area contributed by atoms with Crippen molar-refractivity contribution in [2.24, 2.45) is 0 Å². The molecular weight excluding hydrogens is 222 g/mol. The topological polar surface area (TPSA) is 22.1 Å². The summed E-state index contributed by atoms with van der Waals surface area (Å²) in [5, 5.41) is 0. The van der Waals surface area contributed by atoms with Crippen LogP contribution in [-0.2, 0) is 6.61 Å². The van der Waals surface area contributed by atoms with Crippen LogP contribution in [0.25, 0.3) is 0 Å². The minimum Gasteiger partial charge on any atom is -0.487 e. The van der Waals surface area contributed by atoms with E-state index < -0.39 is 0 Å². The first-order valence-corrected chi connectivity index (χ1v) is 6.30. The SMILES string of the molecule is Cc1ccc(C(C)C)cc1OCc1ccccn1. The fourth-order valence-electron chi connectivity index (χ4n) is 1.77. The number of ether oxygens (including phenoxy) is 1. The summed E-state index contributed by atoms with van der Waals surface area (Å²) in [6.45, 7) is 6.96. The molecule has 0 saturated heterocycles. The Bertz CT molecular complexity index is 506. The molecule has 1 heterocycles. The van der Waals surface area contributed by atoms with Gasteiger partial charge in [-0.3, -0.25) is 4.98 Å². The van der Waals surface area contributed by atoms with E-state index in [0.29, 0.717) is 12.5 Å². The Kier molecular flexibility index (Phi) is 3.98. The fourth-order valence-corrected chi connectivity index (χ4v) is 1.77. The van der Waals surface area contributed by atoms with Gasteiger partial charge in [-0.05, 0) is 42.2 Å². The summed E-state index contributed by atoms with van der Waals surface area (Å²) < 4.78 is 5.85. The number of benzene rings is 1. The van der Waals surface area contributed by atoms with E-state index >= 15 is 0 Å². The number of hydrogen-bond acceptors (Lipinski definition) is 2. The predicted molar refractivity (Wildman–Crippen MR) is 73.8 cm³/mol. The van der Waals surface area contributed by atoms with Crippen LogP contribution in [0.2, 0.25) is 0 Å². The van der Waals surface area contributed by atoms with Crippen LogP contribution in [0.1, 0.15) is 36.6 Å². The van der Waals surface area contributed by atoms with Gasteiger partial charge in [-0.15, -0.1) is 0 Å². The molecular formula is C16H19NO. The number of pyridine rings is 1. The van der Waals surface area contributed by atoms with Gasteiger partial charge >= 0.3 is 0 Å². The zero-order chi connectivity index (χ0) is 13.0. The van der Waals surface area contributed by atoms with Crippen LogP contribution in [0.15, 0.2) is 42.6 Å². The second-order valence-corrected chi connectivity index (χ2v) is 4.79. The summed E-state index contributed by atoms with van der Waals surface area (Å²) in [6, 6.07) is 12.3. The first-order chi connectivity index (χ1) is 8.66. The molecule has 1 aromatic heterocycles. The summed E-state index contributed by atoms with van der Waals surface area (Å²) in [6.07, 6.45) is 1.79. The minimum absolute atomic E-state index is 0.516. The molecule has 0 spiro atoms. The van der Waals surface area contributed by atoms with E-state index in [1.54, 1.807) is 6.20 Å². The van der Waals surface area contributed by atoms with E-state index in [-0.39, 0.29) is 0 Å². The third-order valence-electron chi connectivity index (χ3n) is 2.98. The van der Waals surface area contributed by atoms with E-state index in [1.165, 1.54) is 5.56 Å². The molecule has 2 heteroatoms. The molecule has 0 saturated carbocycles. The molecule has 0 fully saturated rings. The van der Waals surface area contributed by atoms with Gasteiger partial charge in [0.15, 0.2) is 0 Å². The fraction of sp³-hybridized carbons (Fsp3) is 0.312. The number of rotatable bonds is 4. The Morgan fingerprint density at radius 2 is 2.00 bits per heavy atom. The summed E-state index contributed by atoms with van der Waals surface area (Å²) in [5.41, 5.74) is 3.42. The molecule has 0 radical (unpaired) electrons. The molecule has 0 bridgehead atoms. The van der Waals surface area contributed by atoms with Crippen LogP contribution < -0.4 is 4.74 Å². The average Bonchev–Trinajstić information content (AvgIpc) is 2.38. The highest BCUT2D eigenvalue weighted by Gasteiger charge is 2.05. The van der Waals surface area contributed by atoms with Crippen molar-refractivity contribution in [3.05, 3.63) is 59.4 Å². The van der Waals surface area contributed by atoms with Gasteiger partial charge in [-0.2, -0.15) is 0 Å². The quantitative estimate of drug-likeness (QED) is 0.804. The van der Waals surface area contributed by atoms with Crippen LogP contribution in [0.4, 0.5) is 0 Å². The van der Waals surface area contributed by atoms with Crippen molar-refractivity contribution in [1.82, 2.24) is 4.98 Å². The largest absolute Gasteiger partial charge is 0.487 e. The maximum Gasteiger partial charge on any atom is 0.130 e. The lowest BCUT2D eigenvalue weighted by Crippen LogP contribution is -2.00. The second kappa shape index (κ2) is 5.67. The van der Waals surface area contributed by atoms with Gasteiger partial charge in [0.25, 0.3) is 0 Å². The maximum atomic E-state index is 5.85. The van der Waals surface area contributed by atoms with E-state index in [2.05, 4.69) is 44.0 Å². The molecule has 0 amide bonds. The first-order valence-electron chi connectivity index (χ1n) is 6.30. The van der Waals surface area contributed by atoms with Gasteiger partial charge in [0.2, 0.25) is 0 Å². The third kappa shape index (κ3) is 3.10. The lowest BCUT2D eigenvalue weighted by atomic mass is 10.0. The van der Waals surface area contributed by atoms with Gasteiger partial charge < -0.3 is 4.74 Å². The molecule has 0 aliphatic carbocycles. The van der Waals surface area contributed by atoms with Crippen molar-refractivity contribution in [2.45, 2.75) is 33.3 Å². The molecule has 94 valence electrons.